The van der Waals surface area contributed by atoms with Crippen LogP contribution in [0.25, 0.3) is 0 Å². The largest absolute Gasteiger partial charge is 0.481 e. The number of hydrogen-bond donors (Lipinski definition) is 1. The van der Waals surface area contributed by atoms with Crippen molar-refractivity contribution in [3.8, 4) is 5.88 Å². The third-order valence-electron chi connectivity index (χ3n) is 3.46. The van der Waals surface area contributed by atoms with Gasteiger partial charge < -0.3 is 10.1 Å². The standard InChI is InChI=1S/C15H16N2O/c1-18-15-7-6-13(10-17-15)16-9-12-8-11-4-2-3-5-14(11)12/h2-7,10,12,16H,8-9H2,1H3. The summed E-state index contributed by atoms with van der Waals surface area (Å²) >= 11 is 0. The van der Waals surface area contributed by atoms with Crippen LogP contribution in [0.1, 0.15) is 17.0 Å². The maximum Gasteiger partial charge on any atom is 0.213 e. The summed E-state index contributed by atoms with van der Waals surface area (Å²) in [4.78, 5) is 4.18. The lowest BCUT2D eigenvalue weighted by atomic mass is 9.77. The molecule has 1 aliphatic carbocycles. The zero-order valence-corrected chi connectivity index (χ0v) is 10.4. The van der Waals surface area contributed by atoms with E-state index >= 15 is 0 Å². The molecule has 0 saturated heterocycles. The van der Waals surface area contributed by atoms with E-state index in [9.17, 15) is 0 Å². The predicted octanol–water partition coefficient (Wildman–Crippen LogP) is 2.84. The van der Waals surface area contributed by atoms with Crippen LogP contribution in [-0.4, -0.2) is 18.6 Å². The molecule has 1 unspecified atom stereocenters. The Balaban J connectivity index is 1.59. The Morgan fingerprint density at radius 1 is 1.28 bits per heavy atom. The molecule has 0 spiro atoms. The maximum absolute atomic E-state index is 5.03. The van der Waals surface area contributed by atoms with Crippen LogP contribution < -0.4 is 10.1 Å². The lowest BCUT2D eigenvalue weighted by Gasteiger charge is -2.30. The highest BCUT2D eigenvalue weighted by Crippen LogP contribution is 2.34. The van der Waals surface area contributed by atoms with Crippen LogP contribution in [0.5, 0.6) is 5.88 Å². The number of fused-ring (bicyclic) bond motifs is 1. The van der Waals surface area contributed by atoms with Gasteiger partial charge in [-0.1, -0.05) is 24.3 Å². The second-order valence-electron chi connectivity index (χ2n) is 4.57. The SMILES string of the molecule is COc1ccc(NCC2Cc3ccccc32)cn1. The number of ether oxygens (including phenoxy) is 1. The van der Waals surface area contributed by atoms with Gasteiger partial charge in [-0.15, -0.1) is 0 Å². The van der Waals surface area contributed by atoms with Crippen LogP contribution in [0.15, 0.2) is 42.6 Å². The molecular weight excluding hydrogens is 224 g/mol. The van der Waals surface area contributed by atoms with E-state index in [-0.39, 0.29) is 0 Å². The van der Waals surface area contributed by atoms with Crippen LogP contribution in [-0.2, 0) is 6.42 Å². The Labute approximate surface area is 107 Å². The van der Waals surface area contributed by atoms with Gasteiger partial charge in [0, 0.05) is 18.5 Å². The quantitative estimate of drug-likeness (QED) is 0.892. The van der Waals surface area contributed by atoms with Gasteiger partial charge in [-0.3, -0.25) is 0 Å². The first-order valence-electron chi connectivity index (χ1n) is 6.18. The number of methoxy groups -OCH3 is 1. The van der Waals surface area contributed by atoms with Crippen molar-refractivity contribution in [2.24, 2.45) is 0 Å². The molecule has 0 bridgehead atoms. The number of rotatable bonds is 4. The lowest BCUT2D eigenvalue weighted by Crippen LogP contribution is -2.24. The molecule has 0 radical (unpaired) electrons. The molecule has 1 atom stereocenters. The Kier molecular flexibility index (Phi) is 2.89. The van der Waals surface area contributed by atoms with Crippen LogP contribution in [0.3, 0.4) is 0 Å². The second kappa shape index (κ2) is 4.69. The molecule has 2 aromatic rings. The van der Waals surface area contributed by atoms with Crippen molar-refractivity contribution in [1.82, 2.24) is 4.98 Å². The minimum atomic E-state index is 0.628. The average molecular weight is 240 g/mol. The van der Waals surface area contributed by atoms with Crippen LogP contribution in [0.2, 0.25) is 0 Å². The summed E-state index contributed by atoms with van der Waals surface area (Å²) in [5.41, 5.74) is 4.00. The fourth-order valence-electron chi connectivity index (χ4n) is 2.39. The third kappa shape index (κ3) is 2.04. The van der Waals surface area contributed by atoms with E-state index in [1.54, 1.807) is 7.11 Å². The number of anilines is 1. The predicted molar refractivity (Wildman–Crippen MR) is 72.2 cm³/mol. The van der Waals surface area contributed by atoms with Gasteiger partial charge in [0.25, 0.3) is 0 Å². The zero-order chi connectivity index (χ0) is 12.4. The smallest absolute Gasteiger partial charge is 0.213 e. The second-order valence-corrected chi connectivity index (χ2v) is 4.57. The third-order valence-corrected chi connectivity index (χ3v) is 3.46. The summed E-state index contributed by atoms with van der Waals surface area (Å²) < 4.78 is 5.03. The summed E-state index contributed by atoms with van der Waals surface area (Å²) in [5.74, 6) is 1.28. The normalized spacial score (nSPS) is 16.6. The van der Waals surface area contributed by atoms with Crippen molar-refractivity contribution >= 4 is 5.69 Å². The molecule has 0 aliphatic heterocycles. The topological polar surface area (TPSA) is 34.1 Å². The summed E-state index contributed by atoms with van der Waals surface area (Å²) in [5, 5.41) is 3.42. The van der Waals surface area contributed by atoms with E-state index in [2.05, 4.69) is 34.6 Å². The number of pyridine rings is 1. The molecule has 3 rings (SSSR count). The van der Waals surface area contributed by atoms with Crippen molar-refractivity contribution in [3.63, 3.8) is 0 Å². The maximum atomic E-state index is 5.03. The molecule has 0 saturated carbocycles. The Morgan fingerprint density at radius 3 is 2.89 bits per heavy atom. The first kappa shape index (κ1) is 11.1. The van der Waals surface area contributed by atoms with Crippen molar-refractivity contribution in [1.29, 1.82) is 0 Å². The van der Waals surface area contributed by atoms with Gasteiger partial charge in [-0.05, 0) is 23.6 Å². The van der Waals surface area contributed by atoms with E-state index in [0.717, 1.165) is 12.2 Å². The molecule has 1 heterocycles. The zero-order valence-electron chi connectivity index (χ0n) is 10.4. The van der Waals surface area contributed by atoms with Gasteiger partial charge in [0.2, 0.25) is 5.88 Å². The average Bonchev–Trinajstić information content (AvgIpc) is 2.40. The van der Waals surface area contributed by atoms with E-state index in [0.29, 0.717) is 11.8 Å². The number of aromatic nitrogens is 1. The molecular formula is C15H16N2O. The molecule has 1 aromatic heterocycles. The monoisotopic (exact) mass is 240 g/mol. The van der Waals surface area contributed by atoms with Gasteiger partial charge in [0.15, 0.2) is 0 Å². The van der Waals surface area contributed by atoms with E-state index < -0.39 is 0 Å². The highest BCUT2D eigenvalue weighted by Gasteiger charge is 2.24. The molecule has 0 amide bonds. The van der Waals surface area contributed by atoms with Crippen LogP contribution in [0, 0.1) is 0 Å². The summed E-state index contributed by atoms with van der Waals surface area (Å²) in [6.07, 6.45) is 2.98. The van der Waals surface area contributed by atoms with E-state index in [1.165, 1.54) is 17.5 Å². The first-order chi connectivity index (χ1) is 8.86. The van der Waals surface area contributed by atoms with Crippen molar-refractivity contribution < 1.29 is 4.74 Å². The Hall–Kier alpha value is -2.03. The summed E-state index contributed by atoms with van der Waals surface area (Å²) in [6, 6.07) is 12.5. The van der Waals surface area contributed by atoms with Crippen molar-refractivity contribution in [2.45, 2.75) is 12.3 Å². The van der Waals surface area contributed by atoms with Crippen molar-refractivity contribution in [2.75, 3.05) is 19.0 Å². The van der Waals surface area contributed by atoms with Gasteiger partial charge in [0.05, 0.1) is 19.0 Å². The first-order valence-corrected chi connectivity index (χ1v) is 6.18. The summed E-state index contributed by atoms with van der Waals surface area (Å²) in [6.45, 7) is 0.963. The number of nitrogens with zero attached hydrogens (tertiary/aromatic N) is 1. The van der Waals surface area contributed by atoms with Crippen LogP contribution >= 0.6 is 0 Å². The fourth-order valence-corrected chi connectivity index (χ4v) is 2.39. The molecule has 92 valence electrons. The van der Waals surface area contributed by atoms with Crippen molar-refractivity contribution in [3.05, 3.63) is 53.7 Å². The molecule has 1 aliphatic rings. The van der Waals surface area contributed by atoms with Gasteiger partial charge >= 0.3 is 0 Å². The highest BCUT2D eigenvalue weighted by molar-refractivity contribution is 5.45. The van der Waals surface area contributed by atoms with Gasteiger partial charge in [-0.2, -0.15) is 0 Å². The molecule has 1 aromatic carbocycles. The molecule has 3 heteroatoms. The summed E-state index contributed by atoms with van der Waals surface area (Å²) in [7, 11) is 1.63. The molecule has 0 fully saturated rings. The Bertz CT molecular complexity index is 536. The molecule has 3 nitrogen and oxygen atoms in total. The minimum absolute atomic E-state index is 0.628. The van der Waals surface area contributed by atoms with E-state index in [1.807, 2.05) is 18.3 Å². The molecule has 18 heavy (non-hydrogen) atoms. The van der Waals surface area contributed by atoms with Crippen LogP contribution in [0.4, 0.5) is 5.69 Å². The number of benzene rings is 1. The minimum Gasteiger partial charge on any atom is -0.481 e. The number of hydrogen-bond acceptors (Lipinski definition) is 3. The fraction of sp³-hybridized carbons (Fsp3) is 0.267. The van der Waals surface area contributed by atoms with Gasteiger partial charge in [0.1, 0.15) is 0 Å². The highest BCUT2D eigenvalue weighted by atomic mass is 16.5. The molecule has 1 N–H and O–H groups in total. The Morgan fingerprint density at radius 2 is 2.17 bits per heavy atom. The number of nitrogens with one attached hydrogen (secondary N) is 1. The van der Waals surface area contributed by atoms with Gasteiger partial charge in [-0.25, -0.2) is 4.98 Å². The lowest BCUT2D eigenvalue weighted by molar-refractivity contribution is 0.398. The van der Waals surface area contributed by atoms with E-state index in [4.69, 9.17) is 4.74 Å².